The first kappa shape index (κ1) is 23.4. The molecule has 0 N–H and O–H groups in total. The summed E-state index contributed by atoms with van der Waals surface area (Å²) in [6.07, 6.45) is 14.8. The van der Waals surface area contributed by atoms with Gasteiger partial charge in [0.2, 0.25) is 0 Å². The Kier molecular flexibility index (Phi) is 8.07. The van der Waals surface area contributed by atoms with Crippen molar-refractivity contribution in [1.82, 2.24) is 0 Å². The summed E-state index contributed by atoms with van der Waals surface area (Å²) in [5.74, 6) is 0. The van der Waals surface area contributed by atoms with Gasteiger partial charge in [0.1, 0.15) is 0 Å². The minimum Gasteiger partial charge on any atom is -0.209 e. The third kappa shape index (κ3) is 5.34. The zero-order valence-electron chi connectivity index (χ0n) is 20.2. The summed E-state index contributed by atoms with van der Waals surface area (Å²) in [6, 6.07) is 29.9. The quantitative estimate of drug-likeness (QED) is 0.239. The van der Waals surface area contributed by atoms with Gasteiger partial charge in [-0.25, -0.2) is 6.07 Å². The molecule has 0 radical (unpaired) electrons. The molecule has 2 heteroatoms. The lowest BCUT2D eigenvalue weighted by Gasteiger charge is -2.45. The normalized spacial score (nSPS) is 19.2. The lowest BCUT2D eigenvalue weighted by Crippen LogP contribution is -2.26. The van der Waals surface area contributed by atoms with Crippen molar-refractivity contribution in [3.63, 3.8) is 0 Å². The zero-order valence-corrected chi connectivity index (χ0v) is 22.0. The van der Waals surface area contributed by atoms with E-state index in [1.807, 2.05) is 0 Å². The molecule has 0 spiro atoms. The average molecular weight is 474 g/mol. The molecule has 0 nitrogen and oxygen atoms in total. The smallest absolute Gasteiger partial charge is 0.0171 e. The topological polar surface area (TPSA) is 0 Å². The van der Waals surface area contributed by atoms with Gasteiger partial charge in [-0.3, -0.25) is 0 Å². The summed E-state index contributed by atoms with van der Waals surface area (Å²) < 4.78 is 0. The van der Waals surface area contributed by atoms with Crippen LogP contribution < -0.4 is 15.9 Å². The highest BCUT2D eigenvalue weighted by Crippen LogP contribution is 2.64. The van der Waals surface area contributed by atoms with E-state index in [9.17, 15) is 0 Å². The molecule has 2 aliphatic rings. The van der Waals surface area contributed by atoms with E-state index in [0.29, 0.717) is 5.66 Å². The highest BCUT2D eigenvalue weighted by Gasteiger charge is 2.34. The van der Waals surface area contributed by atoms with Gasteiger partial charge in [-0.15, -0.1) is 13.2 Å². The predicted octanol–water partition coefficient (Wildman–Crippen LogP) is 8.37. The van der Waals surface area contributed by atoms with E-state index in [0.717, 1.165) is 11.3 Å². The van der Waals surface area contributed by atoms with E-state index >= 15 is 0 Å². The molecule has 0 heterocycles. The molecule has 0 aliphatic heterocycles. The Bertz CT molecular complexity index is 907. The van der Waals surface area contributed by atoms with Crippen LogP contribution in [0.15, 0.2) is 78.9 Å². The lowest BCUT2D eigenvalue weighted by molar-refractivity contribution is 0.481. The van der Waals surface area contributed by atoms with Gasteiger partial charge in [0.05, 0.1) is 0 Å². The highest BCUT2D eigenvalue weighted by molar-refractivity contribution is 7.80. The molecule has 1 unspecified atom stereocenters. The van der Waals surface area contributed by atoms with E-state index in [4.69, 9.17) is 0 Å². The monoisotopic (exact) mass is 473 g/mol. The van der Waals surface area contributed by atoms with Crippen LogP contribution in [0.1, 0.15) is 82.4 Å². The van der Waals surface area contributed by atoms with Gasteiger partial charge in [0, 0.05) is 0 Å². The summed E-state index contributed by atoms with van der Waals surface area (Å²) in [6.45, 7) is 2.62. The van der Waals surface area contributed by atoms with Crippen LogP contribution in [0.2, 0.25) is 0 Å². The maximum Gasteiger partial charge on any atom is -0.0171 e. The maximum atomic E-state index is 2.62. The molecule has 2 saturated carbocycles. The number of rotatable bonds is 7. The fraction of sp³-hybridized carbons (Fsp3) is 0.452. The fourth-order valence-electron chi connectivity index (χ4n) is 6.41. The van der Waals surface area contributed by atoms with E-state index < -0.39 is 7.92 Å². The molecule has 0 bridgehead atoms. The number of hydrogen-bond donors (Lipinski definition) is 0. The Morgan fingerprint density at radius 1 is 0.667 bits per heavy atom. The Balaban J connectivity index is 1.53. The molecule has 5 rings (SSSR count). The van der Waals surface area contributed by atoms with Crippen molar-refractivity contribution in [2.45, 2.75) is 88.1 Å². The van der Waals surface area contributed by atoms with Crippen LogP contribution in [-0.4, -0.2) is 11.3 Å². The summed E-state index contributed by atoms with van der Waals surface area (Å²) in [7, 11) is -0.489. The van der Waals surface area contributed by atoms with Crippen molar-refractivity contribution in [2.75, 3.05) is 0 Å². The molecule has 3 aromatic carbocycles. The SMILES string of the molecule is CC(c1cc[cH-]c1P(c1ccccc1)c1ccccc1)P(C1CCCCC1)C1CCCCC1. The van der Waals surface area contributed by atoms with Gasteiger partial charge in [0.15, 0.2) is 0 Å². The van der Waals surface area contributed by atoms with E-state index in [1.165, 1.54) is 74.8 Å². The molecule has 2 fully saturated rings. The Labute approximate surface area is 204 Å². The second kappa shape index (κ2) is 11.4. The van der Waals surface area contributed by atoms with Crippen molar-refractivity contribution in [3.05, 3.63) is 84.4 Å². The first-order valence-electron chi connectivity index (χ1n) is 13.3. The number of hydrogen-bond acceptors (Lipinski definition) is 0. The summed E-state index contributed by atoms with van der Waals surface area (Å²) in [5.41, 5.74) is 4.38. The van der Waals surface area contributed by atoms with Crippen molar-refractivity contribution >= 4 is 31.8 Å². The highest BCUT2D eigenvalue weighted by atomic mass is 31.1. The van der Waals surface area contributed by atoms with Gasteiger partial charge in [-0.1, -0.05) is 112 Å². The molecule has 1 atom stereocenters. The van der Waals surface area contributed by atoms with E-state index in [2.05, 4.69) is 85.8 Å². The summed E-state index contributed by atoms with van der Waals surface area (Å²) in [5, 5.41) is 4.59. The van der Waals surface area contributed by atoms with Crippen LogP contribution in [0.3, 0.4) is 0 Å². The van der Waals surface area contributed by atoms with Crippen LogP contribution in [0.25, 0.3) is 0 Å². The summed E-state index contributed by atoms with van der Waals surface area (Å²) >= 11 is 0. The van der Waals surface area contributed by atoms with Gasteiger partial charge in [-0.05, 0) is 55.5 Å². The van der Waals surface area contributed by atoms with Crippen LogP contribution in [0.4, 0.5) is 0 Å². The molecule has 33 heavy (non-hydrogen) atoms. The standard InChI is InChI=1S/C31H39P2/c1-25(32(26-15-6-2-7-16-26)27-17-8-3-9-18-27)30-23-14-24-31(30)33(28-19-10-4-11-20-28)29-21-12-5-13-22-29/h4-5,10-14,19-27H,2-3,6-9,15-18H2,1H3/q-1. The van der Waals surface area contributed by atoms with Crippen molar-refractivity contribution < 1.29 is 0 Å². The van der Waals surface area contributed by atoms with Crippen LogP contribution in [-0.2, 0) is 0 Å². The zero-order chi connectivity index (χ0) is 22.5. The Morgan fingerprint density at radius 2 is 1.15 bits per heavy atom. The second-order valence-corrected chi connectivity index (χ2v) is 15.4. The van der Waals surface area contributed by atoms with Crippen LogP contribution >= 0.6 is 15.8 Å². The van der Waals surface area contributed by atoms with Crippen molar-refractivity contribution in [2.24, 2.45) is 0 Å². The predicted molar refractivity (Wildman–Crippen MR) is 150 cm³/mol. The first-order chi connectivity index (χ1) is 16.3. The van der Waals surface area contributed by atoms with Crippen molar-refractivity contribution in [3.8, 4) is 0 Å². The Hall–Kier alpha value is -1.35. The summed E-state index contributed by atoms with van der Waals surface area (Å²) in [4.78, 5) is 0. The molecule has 174 valence electrons. The minimum atomic E-state index is -0.511. The molecular formula is C31H39P2-. The average Bonchev–Trinajstić information content (AvgIpc) is 3.36. The minimum absolute atomic E-state index is 0.0228. The first-order valence-corrected chi connectivity index (χ1v) is 16.2. The molecule has 2 aliphatic carbocycles. The van der Waals surface area contributed by atoms with Gasteiger partial charge >= 0.3 is 0 Å². The second-order valence-electron chi connectivity index (χ2n) is 10.1. The molecule has 0 aromatic heterocycles. The van der Waals surface area contributed by atoms with Crippen molar-refractivity contribution in [1.29, 1.82) is 0 Å². The lowest BCUT2D eigenvalue weighted by atomic mass is 9.99. The van der Waals surface area contributed by atoms with E-state index in [-0.39, 0.29) is 7.92 Å². The molecule has 0 saturated heterocycles. The maximum absolute atomic E-state index is 2.62. The molecule has 3 aromatic rings. The van der Waals surface area contributed by atoms with Gasteiger partial charge in [0.25, 0.3) is 0 Å². The third-order valence-electron chi connectivity index (χ3n) is 7.99. The third-order valence-corrected chi connectivity index (χ3v) is 14.4. The largest absolute Gasteiger partial charge is 0.209 e. The number of benzene rings is 2. The van der Waals surface area contributed by atoms with Gasteiger partial charge < -0.3 is 0 Å². The van der Waals surface area contributed by atoms with Gasteiger partial charge in [-0.2, -0.15) is 17.7 Å². The molecular weight excluding hydrogens is 434 g/mol. The fourth-order valence-corrected chi connectivity index (χ4v) is 13.4. The van der Waals surface area contributed by atoms with Crippen LogP contribution in [0, 0.1) is 0 Å². The van der Waals surface area contributed by atoms with Crippen LogP contribution in [0.5, 0.6) is 0 Å². The Morgan fingerprint density at radius 3 is 1.64 bits per heavy atom. The van der Waals surface area contributed by atoms with E-state index in [1.54, 1.807) is 10.9 Å². The molecule has 0 amide bonds.